The van der Waals surface area contributed by atoms with Gasteiger partial charge in [-0.2, -0.15) is 0 Å². The van der Waals surface area contributed by atoms with E-state index in [9.17, 15) is 13.2 Å². The molecule has 132 valence electrons. The molecular formula is C17H25N3O3S. The second kappa shape index (κ2) is 8.84. The Morgan fingerprint density at radius 3 is 2.62 bits per heavy atom. The number of allylic oxidation sites excluding steroid dienone is 1. The van der Waals surface area contributed by atoms with Crippen LogP contribution in [0.1, 0.15) is 38.5 Å². The van der Waals surface area contributed by atoms with Gasteiger partial charge in [0.05, 0.1) is 11.7 Å². The number of nitrogens with two attached hydrogens (primary N) is 1. The van der Waals surface area contributed by atoms with Gasteiger partial charge in [0.2, 0.25) is 0 Å². The second-order valence-electron chi connectivity index (χ2n) is 5.91. The molecule has 1 amide bonds. The van der Waals surface area contributed by atoms with Gasteiger partial charge < -0.3 is 11.1 Å². The van der Waals surface area contributed by atoms with E-state index in [0.717, 1.165) is 32.1 Å². The van der Waals surface area contributed by atoms with Crippen LogP contribution in [0.2, 0.25) is 0 Å². The number of rotatable bonds is 0. The quantitative estimate of drug-likeness (QED) is 0.622. The molecule has 0 saturated carbocycles. The first-order valence-electron chi connectivity index (χ1n) is 8.31. The maximum atomic E-state index is 12.5. The highest BCUT2D eigenvalue weighted by Crippen LogP contribution is 2.21. The van der Waals surface area contributed by atoms with Gasteiger partial charge in [-0.25, -0.2) is 13.1 Å². The molecule has 6 nitrogen and oxygen atoms in total. The van der Waals surface area contributed by atoms with E-state index < -0.39 is 22.0 Å². The minimum Gasteiger partial charge on any atom is -0.384 e. The second-order valence-corrected chi connectivity index (χ2v) is 7.56. The molecule has 7 heteroatoms. The van der Waals surface area contributed by atoms with Gasteiger partial charge in [-0.1, -0.05) is 37.1 Å². The van der Waals surface area contributed by atoms with Gasteiger partial charge >= 0.3 is 0 Å². The molecule has 1 unspecified atom stereocenters. The molecule has 0 aliphatic carbocycles. The van der Waals surface area contributed by atoms with Crippen LogP contribution in [-0.4, -0.2) is 26.9 Å². The molecule has 0 fully saturated rings. The van der Waals surface area contributed by atoms with Gasteiger partial charge in [0, 0.05) is 6.54 Å². The molecule has 0 spiro atoms. The smallest absolute Gasteiger partial charge is 0.266 e. The van der Waals surface area contributed by atoms with E-state index in [0.29, 0.717) is 18.7 Å². The normalized spacial score (nSPS) is 24.2. The summed E-state index contributed by atoms with van der Waals surface area (Å²) in [5.74, 6) is -0.693. The summed E-state index contributed by atoms with van der Waals surface area (Å²) in [6.07, 6.45) is 9.40. The van der Waals surface area contributed by atoms with Crippen LogP contribution < -0.4 is 15.8 Å². The van der Waals surface area contributed by atoms with Crippen LogP contribution in [0.4, 0.5) is 5.69 Å². The Morgan fingerprint density at radius 1 is 1.04 bits per heavy atom. The van der Waals surface area contributed by atoms with E-state index in [2.05, 4.69) is 10.0 Å². The summed E-state index contributed by atoms with van der Waals surface area (Å²) in [6, 6.07) is 5.68. The van der Waals surface area contributed by atoms with Gasteiger partial charge in [0.15, 0.2) is 0 Å². The fourth-order valence-corrected chi connectivity index (χ4v) is 3.76. The third-order valence-electron chi connectivity index (χ3n) is 3.92. The number of hydrogen-bond donors (Lipinski definition) is 3. The number of carbonyl (C=O) groups is 1. The zero-order valence-electron chi connectivity index (χ0n) is 13.7. The van der Waals surface area contributed by atoms with E-state index in [4.69, 9.17) is 5.73 Å². The molecule has 0 aromatic heterocycles. The van der Waals surface area contributed by atoms with Crippen molar-refractivity contribution in [3.63, 3.8) is 0 Å². The van der Waals surface area contributed by atoms with Gasteiger partial charge in [0.25, 0.3) is 15.9 Å². The number of hydrogen-bond acceptors (Lipinski definition) is 5. The van der Waals surface area contributed by atoms with Crippen molar-refractivity contribution in [3.05, 3.63) is 36.4 Å². The molecule has 0 bridgehead atoms. The van der Waals surface area contributed by atoms with E-state index in [1.165, 1.54) is 6.07 Å². The summed E-state index contributed by atoms with van der Waals surface area (Å²) in [7, 11) is -3.96. The third-order valence-corrected chi connectivity index (χ3v) is 5.32. The first-order valence-corrected chi connectivity index (χ1v) is 9.79. The molecule has 1 heterocycles. The number of carbonyl (C=O) groups excluding carboxylic acids is 1. The number of amides is 1. The van der Waals surface area contributed by atoms with Gasteiger partial charge in [-0.15, -0.1) is 0 Å². The van der Waals surface area contributed by atoms with E-state index in [-0.39, 0.29) is 4.90 Å². The summed E-state index contributed by atoms with van der Waals surface area (Å²) in [5, 5.41) is 3.15. The van der Waals surface area contributed by atoms with Crippen LogP contribution >= 0.6 is 0 Å². The van der Waals surface area contributed by atoms with Gasteiger partial charge in [-0.3, -0.25) is 4.79 Å². The van der Waals surface area contributed by atoms with Crippen LogP contribution in [0.5, 0.6) is 0 Å². The lowest BCUT2D eigenvalue weighted by molar-refractivity contribution is -0.120. The van der Waals surface area contributed by atoms with Crippen LogP contribution in [-0.2, 0) is 14.8 Å². The van der Waals surface area contributed by atoms with Crippen LogP contribution in [0, 0.1) is 0 Å². The van der Waals surface area contributed by atoms with Crippen molar-refractivity contribution < 1.29 is 13.2 Å². The van der Waals surface area contributed by atoms with Crippen molar-refractivity contribution in [2.45, 2.75) is 49.5 Å². The maximum absolute atomic E-state index is 12.5. The van der Waals surface area contributed by atoms with Crippen molar-refractivity contribution in [3.8, 4) is 0 Å². The molecule has 4 N–H and O–H groups in total. The van der Waals surface area contributed by atoms with Crippen molar-refractivity contribution in [1.29, 1.82) is 0 Å². The third kappa shape index (κ3) is 5.35. The van der Waals surface area contributed by atoms with Crippen LogP contribution in [0.3, 0.4) is 0 Å². The number of nitrogens with one attached hydrogen (secondary N) is 2. The first-order chi connectivity index (χ1) is 11.5. The monoisotopic (exact) mass is 351 g/mol. The Kier molecular flexibility index (Phi) is 6.81. The predicted molar refractivity (Wildman–Crippen MR) is 95.1 cm³/mol. The Bertz CT molecular complexity index is 686. The zero-order valence-corrected chi connectivity index (χ0v) is 14.5. The zero-order chi connectivity index (χ0) is 17.4. The van der Waals surface area contributed by atoms with Crippen LogP contribution in [0.25, 0.3) is 0 Å². The average molecular weight is 351 g/mol. The lowest BCUT2D eigenvalue weighted by Gasteiger charge is -2.15. The van der Waals surface area contributed by atoms with E-state index in [1.54, 1.807) is 18.2 Å². The molecular weight excluding hydrogens is 326 g/mol. The topological polar surface area (TPSA) is 101 Å². The lowest BCUT2D eigenvalue weighted by Crippen LogP contribution is -2.43. The van der Waals surface area contributed by atoms with Crippen molar-refractivity contribution >= 4 is 21.6 Å². The summed E-state index contributed by atoms with van der Waals surface area (Å²) in [5.41, 5.74) is 6.28. The fourth-order valence-electron chi connectivity index (χ4n) is 2.54. The molecule has 0 radical (unpaired) electrons. The molecule has 24 heavy (non-hydrogen) atoms. The molecule has 1 aliphatic heterocycles. The molecule has 1 aromatic carbocycles. The standard InChI is InChI=1S/C17H25N3O3S/c18-14-10-6-4-2-1-3-5-9-13-19-15-11-7-8-12-16(15)24(22,23)20-17(14)21/h4,6-8,11-12,14,19H,1-3,5,9-10,13,18H2,(H,20,21)/b6-4-. The van der Waals surface area contributed by atoms with Crippen LogP contribution in [0.15, 0.2) is 41.3 Å². The first kappa shape index (κ1) is 18.5. The summed E-state index contributed by atoms with van der Waals surface area (Å²) >= 11 is 0. The average Bonchev–Trinajstić information content (AvgIpc) is 2.55. The van der Waals surface area contributed by atoms with E-state index in [1.807, 2.05) is 12.2 Å². The molecule has 1 aromatic rings. The summed E-state index contributed by atoms with van der Waals surface area (Å²) in [4.78, 5) is 12.1. The largest absolute Gasteiger partial charge is 0.384 e. The van der Waals surface area contributed by atoms with Gasteiger partial charge in [-0.05, 0) is 37.8 Å². The van der Waals surface area contributed by atoms with Crippen molar-refractivity contribution in [2.75, 3.05) is 11.9 Å². The van der Waals surface area contributed by atoms with Crippen molar-refractivity contribution in [1.82, 2.24) is 4.72 Å². The maximum Gasteiger partial charge on any atom is 0.266 e. The minimum absolute atomic E-state index is 0.0631. The number of anilines is 1. The van der Waals surface area contributed by atoms with Gasteiger partial charge in [0.1, 0.15) is 4.90 Å². The Hall–Kier alpha value is -1.86. The highest BCUT2D eigenvalue weighted by Gasteiger charge is 2.23. The number of fused-ring (bicyclic) bond motifs is 1. The molecule has 2 rings (SSSR count). The predicted octanol–water partition coefficient (Wildman–Crippen LogP) is 2.14. The van der Waals surface area contributed by atoms with Crippen molar-refractivity contribution in [2.24, 2.45) is 5.73 Å². The highest BCUT2D eigenvalue weighted by atomic mass is 32.2. The Balaban J connectivity index is 2.23. The SMILES string of the molecule is NC1C/C=C\CCCCCCNc2ccccc2S(=O)(=O)NC1=O. The number of para-hydroxylation sites is 1. The fraction of sp³-hybridized carbons (Fsp3) is 0.471. The Morgan fingerprint density at radius 2 is 1.79 bits per heavy atom. The molecule has 1 atom stereocenters. The molecule has 0 saturated heterocycles. The summed E-state index contributed by atoms with van der Waals surface area (Å²) < 4.78 is 27.1. The van der Waals surface area contributed by atoms with E-state index >= 15 is 0 Å². The Labute approximate surface area is 143 Å². The lowest BCUT2D eigenvalue weighted by atomic mass is 10.1. The number of sulfonamides is 1. The highest BCUT2D eigenvalue weighted by molar-refractivity contribution is 7.90. The minimum atomic E-state index is -3.96. The molecule has 1 aliphatic rings. The summed E-state index contributed by atoms with van der Waals surface area (Å²) in [6.45, 7) is 0.690. The number of benzene rings is 1.